The van der Waals surface area contributed by atoms with E-state index in [0.29, 0.717) is 25.1 Å². The first-order valence-electron chi connectivity index (χ1n) is 7.00. The van der Waals surface area contributed by atoms with Crippen molar-refractivity contribution in [1.29, 1.82) is 0 Å². The summed E-state index contributed by atoms with van der Waals surface area (Å²) < 4.78 is 0. The van der Waals surface area contributed by atoms with Gasteiger partial charge in [0.05, 0.1) is 6.04 Å². The Morgan fingerprint density at radius 1 is 1.38 bits per heavy atom. The number of nitrogens with two attached hydrogens (primary N) is 1. The molecule has 1 aromatic carbocycles. The van der Waals surface area contributed by atoms with E-state index >= 15 is 0 Å². The number of hydrogen-bond acceptors (Lipinski definition) is 4. The molecule has 6 heteroatoms. The Balaban J connectivity index is 1.93. The summed E-state index contributed by atoms with van der Waals surface area (Å²) in [6.45, 7) is 0.458. The number of nitrogens with zero attached hydrogens (tertiary/aromatic N) is 1. The predicted octanol–water partition coefficient (Wildman–Crippen LogP) is 0.975. The number of carbonyl (C=O) groups excluding carboxylic acids is 1. The van der Waals surface area contributed by atoms with Gasteiger partial charge in [-0.05, 0) is 18.4 Å². The molecule has 0 aliphatic carbocycles. The van der Waals surface area contributed by atoms with Crippen LogP contribution in [0.3, 0.4) is 0 Å². The number of thioether (sulfide) groups is 1. The van der Waals surface area contributed by atoms with Crippen molar-refractivity contribution in [3.8, 4) is 0 Å². The molecule has 0 bridgehead atoms. The summed E-state index contributed by atoms with van der Waals surface area (Å²) in [6, 6.07) is 8.44. The number of amides is 1. The molecule has 1 aliphatic heterocycles. The van der Waals surface area contributed by atoms with Gasteiger partial charge in [0, 0.05) is 18.1 Å². The Kier molecular flexibility index (Phi) is 5.64. The molecule has 0 saturated carbocycles. The van der Waals surface area contributed by atoms with E-state index in [0.717, 1.165) is 11.3 Å². The van der Waals surface area contributed by atoms with Crippen LogP contribution in [0.15, 0.2) is 30.3 Å². The maximum Gasteiger partial charge on any atom is 0.327 e. The minimum atomic E-state index is -0.953. The minimum Gasteiger partial charge on any atom is -0.480 e. The smallest absolute Gasteiger partial charge is 0.327 e. The first kappa shape index (κ1) is 15.9. The van der Waals surface area contributed by atoms with Gasteiger partial charge in [-0.2, -0.15) is 11.8 Å². The highest BCUT2D eigenvalue weighted by atomic mass is 32.2. The van der Waals surface area contributed by atoms with Crippen molar-refractivity contribution >= 4 is 23.6 Å². The van der Waals surface area contributed by atoms with E-state index < -0.39 is 18.1 Å². The number of benzene rings is 1. The Bertz CT molecular complexity index is 495. The van der Waals surface area contributed by atoms with Gasteiger partial charge in [-0.25, -0.2) is 4.79 Å². The van der Waals surface area contributed by atoms with Crippen LogP contribution in [0.4, 0.5) is 0 Å². The molecule has 1 heterocycles. The van der Waals surface area contributed by atoms with Crippen LogP contribution in [0.5, 0.6) is 0 Å². The SMILES string of the molecule is N[C@@H](CCc1ccccc1)C(=O)N1CCSCC1C(=O)O. The highest BCUT2D eigenvalue weighted by molar-refractivity contribution is 7.99. The van der Waals surface area contributed by atoms with Gasteiger partial charge in [-0.1, -0.05) is 30.3 Å². The van der Waals surface area contributed by atoms with E-state index in [-0.39, 0.29) is 5.91 Å². The molecule has 3 N–H and O–H groups in total. The summed E-state index contributed by atoms with van der Waals surface area (Å²) in [5.74, 6) is -0.00243. The van der Waals surface area contributed by atoms with Gasteiger partial charge >= 0.3 is 5.97 Å². The molecule has 0 spiro atoms. The van der Waals surface area contributed by atoms with Crippen LogP contribution in [0.1, 0.15) is 12.0 Å². The zero-order valence-electron chi connectivity index (χ0n) is 11.8. The Morgan fingerprint density at radius 3 is 2.76 bits per heavy atom. The molecule has 0 aromatic heterocycles. The number of carboxylic acids is 1. The molecule has 1 amide bonds. The van der Waals surface area contributed by atoms with Gasteiger partial charge in [0.1, 0.15) is 6.04 Å². The Morgan fingerprint density at radius 2 is 2.10 bits per heavy atom. The van der Waals surface area contributed by atoms with Gasteiger partial charge in [0.2, 0.25) is 5.91 Å². The quantitative estimate of drug-likeness (QED) is 0.847. The molecule has 2 atom stereocenters. The second kappa shape index (κ2) is 7.47. The fourth-order valence-corrected chi connectivity index (χ4v) is 3.41. The minimum absolute atomic E-state index is 0.251. The number of carbonyl (C=O) groups is 2. The fourth-order valence-electron chi connectivity index (χ4n) is 2.38. The summed E-state index contributed by atoms with van der Waals surface area (Å²) in [5.41, 5.74) is 7.10. The first-order chi connectivity index (χ1) is 10.1. The van der Waals surface area contributed by atoms with Crippen LogP contribution in [0.2, 0.25) is 0 Å². The van der Waals surface area contributed by atoms with Gasteiger partial charge in [-0.15, -0.1) is 0 Å². The lowest BCUT2D eigenvalue weighted by atomic mass is 10.0. The highest BCUT2D eigenvalue weighted by Crippen LogP contribution is 2.18. The van der Waals surface area contributed by atoms with Crippen molar-refractivity contribution in [2.45, 2.75) is 24.9 Å². The highest BCUT2D eigenvalue weighted by Gasteiger charge is 2.34. The lowest BCUT2D eigenvalue weighted by Gasteiger charge is -2.34. The third kappa shape index (κ3) is 4.22. The van der Waals surface area contributed by atoms with Crippen LogP contribution < -0.4 is 5.73 Å². The third-order valence-electron chi connectivity index (χ3n) is 3.60. The molecule has 21 heavy (non-hydrogen) atoms. The van der Waals surface area contributed by atoms with E-state index in [4.69, 9.17) is 5.73 Å². The van der Waals surface area contributed by atoms with Crippen LogP contribution in [0, 0.1) is 0 Å². The van der Waals surface area contributed by atoms with Crippen LogP contribution in [0.25, 0.3) is 0 Å². The van der Waals surface area contributed by atoms with E-state index in [2.05, 4.69) is 0 Å². The molecule has 1 unspecified atom stereocenters. The molecule has 2 rings (SSSR count). The van der Waals surface area contributed by atoms with E-state index in [1.54, 1.807) is 11.8 Å². The zero-order valence-corrected chi connectivity index (χ0v) is 12.6. The lowest BCUT2D eigenvalue weighted by Crippen LogP contribution is -2.55. The predicted molar refractivity (Wildman–Crippen MR) is 83.2 cm³/mol. The summed E-state index contributed by atoms with van der Waals surface area (Å²) in [7, 11) is 0. The first-order valence-corrected chi connectivity index (χ1v) is 8.15. The number of aryl methyl sites for hydroxylation is 1. The fraction of sp³-hybridized carbons (Fsp3) is 0.467. The lowest BCUT2D eigenvalue weighted by molar-refractivity contribution is -0.149. The molecule has 0 radical (unpaired) electrons. The number of rotatable bonds is 5. The van der Waals surface area contributed by atoms with Crippen molar-refractivity contribution in [1.82, 2.24) is 4.90 Å². The van der Waals surface area contributed by atoms with E-state index in [9.17, 15) is 14.7 Å². The monoisotopic (exact) mass is 308 g/mol. The van der Waals surface area contributed by atoms with Gasteiger partial charge in [0.15, 0.2) is 0 Å². The molecule has 1 fully saturated rings. The number of carboxylic acid groups (broad SMARTS) is 1. The molecular formula is C15H20N2O3S. The maximum atomic E-state index is 12.4. The summed E-state index contributed by atoms with van der Waals surface area (Å²) in [6.07, 6.45) is 1.24. The molecule has 5 nitrogen and oxygen atoms in total. The van der Waals surface area contributed by atoms with Crippen LogP contribution in [-0.4, -0.2) is 52.0 Å². The standard InChI is InChI=1S/C15H20N2O3S/c16-12(7-6-11-4-2-1-3-5-11)14(18)17-8-9-21-10-13(17)15(19)20/h1-5,12-13H,6-10,16H2,(H,19,20)/t12-,13?/m0/s1. The van der Waals surface area contributed by atoms with Gasteiger partial charge in [-0.3, -0.25) is 4.79 Å². The molecule has 1 aliphatic rings. The van der Waals surface area contributed by atoms with Crippen molar-refractivity contribution in [3.05, 3.63) is 35.9 Å². The second-order valence-electron chi connectivity index (χ2n) is 5.09. The summed E-state index contributed by atoms with van der Waals surface area (Å²) >= 11 is 1.56. The topological polar surface area (TPSA) is 83.6 Å². The number of aliphatic carboxylic acids is 1. The van der Waals surface area contributed by atoms with E-state index in [1.807, 2.05) is 30.3 Å². The van der Waals surface area contributed by atoms with Crippen molar-refractivity contribution in [2.75, 3.05) is 18.1 Å². The third-order valence-corrected chi connectivity index (χ3v) is 4.62. The Hall–Kier alpha value is -1.53. The molecule has 1 aromatic rings. The van der Waals surface area contributed by atoms with Gasteiger partial charge in [0.25, 0.3) is 0 Å². The molecule has 1 saturated heterocycles. The normalized spacial score (nSPS) is 20.0. The van der Waals surface area contributed by atoms with Crippen molar-refractivity contribution in [2.24, 2.45) is 5.73 Å². The Labute approximate surface area is 128 Å². The average molecular weight is 308 g/mol. The maximum absolute atomic E-state index is 12.4. The molecule has 114 valence electrons. The average Bonchev–Trinajstić information content (AvgIpc) is 2.52. The molecular weight excluding hydrogens is 288 g/mol. The second-order valence-corrected chi connectivity index (χ2v) is 6.24. The summed E-state index contributed by atoms with van der Waals surface area (Å²) in [4.78, 5) is 25.0. The number of hydrogen-bond donors (Lipinski definition) is 2. The summed E-state index contributed by atoms with van der Waals surface area (Å²) in [5, 5.41) is 9.20. The largest absolute Gasteiger partial charge is 0.480 e. The van der Waals surface area contributed by atoms with E-state index in [1.165, 1.54) is 4.90 Å². The van der Waals surface area contributed by atoms with Crippen molar-refractivity contribution in [3.63, 3.8) is 0 Å². The zero-order chi connectivity index (χ0) is 15.2. The van der Waals surface area contributed by atoms with Gasteiger partial charge < -0.3 is 15.7 Å². The van der Waals surface area contributed by atoms with Crippen molar-refractivity contribution < 1.29 is 14.7 Å². The van der Waals surface area contributed by atoms with Crippen LogP contribution in [-0.2, 0) is 16.0 Å². The van der Waals surface area contributed by atoms with Crippen LogP contribution >= 0.6 is 11.8 Å².